The minimum Gasteiger partial charge on any atom is -0.406 e. The van der Waals surface area contributed by atoms with E-state index in [4.69, 9.17) is 4.74 Å². The van der Waals surface area contributed by atoms with Crippen molar-refractivity contribution in [3.8, 4) is 22.7 Å². The Morgan fingerprint density at radius 3 is 2.58 bits per heavy atom. The summed E-state index contributed by atoms with van der Waals surface area (Å²) in [4.78, 5) is 25.9. The van der Waals surface area contributed by atoms with Crippen molar-refractivity contribution in [1.29, 1.82) is 0 Å². The summed E-state index contributed by atoms with van der Waals surface area (Å²) >= 11 is 0. The van der Waals surface area contributed by atoms with E-state index in [9.17, 15) is 27.9 Å². The van der Waals surface area contributed by atoms with Crippen LogP contribution in [0.3, 0.4) is 0 Å². The lowest BCUT2D eigenvalue weighted by Crippen LogP contribution is -2.44. The Kier molecular flexibility index (Phi) is 5.91. The van der Waals surface area contributed by atoms with E-state index in [2.05, 4.69) is 20.3 Å². The van der Waals surface area contributed by atoms with Gasteiger partial charge in [-0.05, 0) is 30.3 Å². The first-order chi connectivity index (χ1) is 15.6. The van der Waals surface area contributed by atoms with Gasteiger partial charge in [0.1, 0.15) is 17.0 Å². The first-order valence-electron chi connectivity index (χ1n) is 9.67. The highest BCUT2D eigenvalue weighted by molar-refractivity contribution is 5.95. The number of aliphatic hydroxyl groups is 1. The number of benzene rings is 1. The van der Waals surface area contributed by atoms with Crippen molar-refractivity contribution in [2.24, 2.45) is 7.05 Å². The van der Waals surface area contributed by atoms with E-state index in [1.165, 1.54) is 35.3 Å². The summed E-state index contributed by atoms with van der Waals surface area (Å²) < 4.78 is 48.7. The molecule has 3 aromatic rings. The minimum atomic E-state index is -4.84. The second-order valence-corrected chi connectivity index (χ2v) is 7.29. The van der Waals surface area contributed by atoms with Crippen LogP contribution in [0, 0.1) is 0 Å². The largest absolute Gasteiger partial charge is 0.573 e. The summed E-state index contributed by atoms with van der Waals surface area (Å²) in [6, 6.07) is 5.35. The fraction of sp³-hybridized carbons (Fsp3) is 0.300. The normalized spacial score (nSPS) is 18.3. The zero-order chi connectivity index (χ0) is 23.8. The Bertz CT molecular complexity index is 1220. The monoisotopic (exact) mass is 465 g/mol. The molecule has 3 heterocycles. The van der Waals surface area contributed by atoms with Gasteiger partial charge < -0.3 is 19.9 Å². The maximum atomic E-state index is 13.0. The first kappa shape index (κ1) is 22.5. The lowest BCUT2D eigenvalue weighted by molar-refractivity contribution is -0.274. The third-order valence-corrected chi connectivity index (χ3v) is 4.84. The maximum Gasteiger partial charge on any atom is 0.573 e. The van der Waals surface area contributed by atoms with E-state index in [0.29, 0.717) is 5.56 Å². The van der Waals surface area contributed by atoms with E-state index in [1.54, 1.807) is 7.05 Å². The number of ether oxygens (including phenoxy) is 2. The average Bonchev–Trinajstić information content (AvgIpc) is 3.35. The topological polar surface area (TPSA) is 121 Å². The highest BCUT2D eigenvalue weighted by atomic mass is 19.4. The molecule has 0 spiro atoms. The quantitative estimate of drug-likeness (QED) is 0.577. The highest BCUT2D eigenvalue weighted by Gasteiger charge is 2.31. The van der Waals surface area contributed by atoms with Crippen molar-refractivity contribution >= 4 is 5.91 Å². The Morgan fingerprint density at radius 2 is 2.00 bits per heavy atom. The van der Waals surface area contributed by atoms with E-state index in [1.807, 2.05) is 0 Å². The van der Waals surface area contributed by atoms with Gasteiger partial charge >= 0.3 is 6.36 Å². The van der Waals surface area contributed by atoms with Gasteiger partial charge in [0.2, 0.25) is 0 Å². The molecule has 13 heteroatoms. The van der Waals surface area contributed by atoms with Crippen LogP contribution in [0.25, 0.3) is 16.9 Å². The second-order valence-electron chi connectivity index (χ2n) is 7.29. The molecule has 1 saturated heterocycles. The van der Waals surface area contributed by atoms with Crippen LogP contribution in [0.15, 0.2) is 47.5 Å². The Hall–Kier alpha value is -3.71. The Morgan fingerprint density at radius 1 is 1.27 bits per heavy atom. The van der Waals surface area contributed by atoms with E-state index >= 15 is 0 Å². The molecule has 0 radical (unpaired) electrons. The molecule has 2 aromatic heterocycles. The third kappa shape index (κ3) is 5.04. The summed E-state index contributed by atoms with van der Waals surface area (Å²) in [5.41, 5.74) is -0.265. The van der Waals surface area contributed by atoms with Crippen molar-refractivity contribution in [2.75, 3.05) is 13.2 Å². The van der Waals surface area contributed by atoms with Crippen molar-refractivity contribution in [1.82, 2.24) is 24.9 Å². The van der Waals surface area contributed by atoms with Crippen LogP contribution in [0.4, 0.5) is 13.2 Å². The van der Waals surface area contributed by atoms with Gasteiger partial charge in [-0.1, -0.05) is 0 Å². The summed E-state index contributed by atoms with van der Waals surface area (Å²) in [7, 11) is 1.63. The SMILES string of the molecule is Cn1cc(-n2nc(-c3ccc(OC(F)(F)F)cc3)cc(C(=O)N[C@@H]3COC[C@H]3O)c2=O)cn1. The van der Waals surface area contributed by atoms with Crippen LogP contribution < -0.4 is 15.6 Å². The fourth-order valence-corrected chi connectivity index (χ4v) is 3.25. The van der Waals surface area contributed by atoms with Gasteiger partial charge in [0.05, 0.1) is 43.4 Å². The number of alkyl halides is 3. The minimum absolute atomic E-state index is 0.0544. The Balaban J connectivity index is 1.74. The fourth-order valence-electron chi connectivity index (χ4n) is 3.25. The maximum absolute atomic E-state index is 13.0. The van der Waals surface area contributed by atoms with E-state index in [0.717, 1.165) is 16.8 Å². The number of nitrogens with one attached hydrogen (secondary N) is 1. The van der Waals surface area contributed by atoms with Crippen molar-refractivity contribution in [3.63, 3.8) is 0 Å². The zero-order valence-corrected chi connectivity index (χ0v) is 17.1. The van der Waals surface area contributed by atoms with Crippen LogP contribution in [0.5, 0.6) is 5.75 Å². The van der Waals surface area contributed by atoms with E-state index < -0.39 is 35.7 Å². The number of aryl methyl sites for hydroxylation is 1. The number of amides is 1. The molecule has 4 rings (SSSR count). The number of halogens is 3. The van der Waals surface area contributed by atoms with Gasteiger partial charge in [-0.25, -0.2) is 0 Å². The second kappa shape index (κ2) is 8.67. The summed E-state index contributed by atoms with van der Waals surface area (Å²) in [6.45, 7) is 0.140. The molecule has 1 aromatic carbocycles. The average molecular weight is 465 g/mol. The smallest absolute Gasteiger partial charge is 0.406 e. The first-order valence-corrected chi connectivity index (χ1v) is 9.67. The standard InChI is InChI=1S/C20H18F3N5O5/c1-27-8-12(7-24-27)28-19(31)14(18(30)25-16-9-32-10-17(16)29)6-15(26-28)11-2-4-13(5-3-11)33-20(21,22)23/h2-8,16-17,29H,9-10H2,1H3,(H,25,30)/t16-,17-/m1/s1. The number of aromatic nitrogens is 4. The molecule has 2 N–H and O–H groups in total. The van der Waals surface area contributed by atoms with Crippen LogP contribution in [-0.4, -0.2) is 62.3 Å². The number of carbonyl (C=O) groups excluding carboxylic acids is 1. The predicted octanol–water partition coefficient (Wildman–Crippen LogP) is 1.02. The van der Waals surface area contributed by atoms with Crippen molar-refractivity contribution < 1.29 is 32.5 Å². The van der Waals surface area contributed by atoms with Crippen LogP contribution in [-0.2, 0) is 11.8 Å². The zero-order valence-electron chi connectivity index (χ0n) is 17.1. The van der Waals surface area contributed by atoms with Gasteiger partial charge in [0.15, 0.2) is 0 Å². The number of nitrogens with zero attached hydrogens (tertiary/aromatic N) is 4. The lowest BCUT2D eigenvalue weighted by atomic mass is 10.1. The lowest BCUT2D eigenvalue weighted by Gasteiger charge is -2.15. The van der Waals surface area contributed by atoms with Crippen LogP contribution in [0.1, 0.15) is 10.4 Å². The molecule has 2 atom stereocenters. The number of hydrogen-bond acceptors (Lipinski definition) is 7. The number of rotatable bonds is 5. The number of carbonyl (C=O) groups is 1. The molecular formula is C20H18F3N5O5. The molecule has 174 valence electrons. The molecule has 1 fully saturated rings. The van der Waals surface area contributed by atoms with Gasteiger partial charge in [-0.15, -0.1) is 13.2 Å². The van der Waals surface area contributed by atoms with Crippen LogP contribution in [0.2, 0.25) is 0 Å². The highest BCUT2D eigenvalue weighted by Crippen LogP contribution is 2.26. The Labute approximate surface area is 184 Å². The van der Waals surface area contributed by atoms with Gasteiger partial charge in [0.25, 0.3) is 11.5 Å². The molecule has 1 amide bonds. The predicted molar refractivity (Wildman–Crippen MR) is 107 cm³/mol. The molecule has 0 bridgehead atoms. The van der Waals surface area contributed by atoms with Crippen LogP contribution >= 0.6 is 0 Å². The molecule has 0 saturated carbocycles. The molecule has 1 aliphatic heterocycles. The van der Waals surface area contributed by atoms with Gasteiger partial charge in [-0.2, -0.15) is 14.9 Å². The summed E-state index contributed by atoms with van der Waals surface area (Å²) in [5, 5.41) is 20.7. The molecule has 10 nitrogen and oxygen atoms in total. The van der Waals surface area contributed by atoms with Crippen molar-refractivity contribution in [3.05, 3.63) is 58.6 Å². The number of hydrogen-bond donors (Lipinski definition) is 2. The molecule has 1 aliphatic rings. The third-order valence-electron chi connectivity index (χ3n) is 4.84. The van der Waals surface area contributed by atoms with Crippen molar-refractivity contribution in [2.45, 2.75) is 18.5 Å². The summed E-state index contributed by atoms with van der Waals surface area (Å²) in [5.74, 6) is -1.19. The molecular weight excluding hydrogens is 447 g/mol. The molecule has 33 heavy (non-hydrogen) atoms. The van der Waals surface area contributed by atoms with Gasteiger partial charge in [0, 0.05) is 12.6 Å². The molecule has 0 aliphatic carbocycles. The van der Waals surface area contributed by atoms with E-state index in [-0.39, 0.29) is 30.2 Å². The number of aliphatic hydroxyl groups excluding tert-OH is 1. The summed E-state index contributed by atoms with van der Waals surface area (Å²) in [6.07, 6.45) is -2.88. The molecule has 0 unspecified atom stereocenters. The van der Waals surface area contributed by atoms with Gasteiger partial charge in [-0.3, -0.25) is 14.3 Å².